The maximum atomic E-state index is 12.7. The number of rotatable bonds is 5. The van der Waals surface area contributed by atoms with Gasteiger partial charge in [-0.1, -0.05) is 30.3 Å². The smallest absolute Gasteiger partial charge is 0.309 e. The van der Waals surface area contributed by atoms with Gasteiger partial charge in [0.2, 0.25) is 0 Å². The molecule has 0 amide bonds. The summed E-state index contributed by atoms with van der Waals surface area (Å²) in [7, 11) is 0. The topological polar surface area (TPSA) is 29.9 Å². The molecule has 0 aliphatic heterocycles. The molecule has 3 aromatic rings. The number of nitrogens with zero attached hydrogens (tertiary/aromatic N) is 2. The minimum absolute atomic E-state index is 0.380. The summed E-state index contributed by atoms with van der Waals surface area (Å²) < 4.78 is 39.8. The van der Waals surface area contributed by atoms with Crippen LogP contribution in [0.3, 0.4) is 0 Å². The molecule has 3 rings (SSSR count). The van der Waals surface area contributed by atoms with Crippen LogP contribution in [-0.2, 0) is 19.3 Å². The molecule has 0 fully saturated rings. The highest BCUT2D eigenvalue weighted by Gasteiger charge is 2.30. The number of hydrogen-bond donors (Lipinski definition) is 1. The van der Waals surface area contributed by atoms with Gasteiger partial charge >= 0.3 is 6.18 Å². The molecule has 1 aromatic heterocycles. The van der Waals surface area contributed by atoms with Crippen molar-refractivity contribution in [2.24, 2.45) is 0 Å². The Morgan fingerprint density at radius 3 is 2.33 bits per heavy atom. The van der Waals surface area contributed by atoms with Gasteiger partial charge in [-0.15, -0.1) is 0 Å². The zero-order chi connectivity index (χ0) is 17.0. The first kappa shape index (κ1) is 16.3. The molecular formula is C18H16F3N3. The van der Waals surface area contributed by atoms with Gasteiger partial charge < -0.3 is 5.32 Å². The van der Waals surface area contributed by atoms with E-state index in [2.05, 4.69) is 10.4 Å². The van der Waals surface area contributed by atoms with Crippen LogP contribution in [-0.4, -0.2) is 9.78 Å². The monoisotopic (exact) mass is 331 g/mol. The normalized spacial score (nSPS) is 11.6. The molecule has 0 aliphatic rings. The number of benzene rings is 2. The average Bonchev–Trinajstić information content (AvgIpc) is 3.10. The van der Waals surface area contributed by atoms with Gasteiger partial charge in [-0.05, 0) is 35.4 Å². The van der Waals surface area contributed by atoms with Crippen LogP contribution < -0.4 is 5.32 Å². The lowest BCUT2D eigenvalue weighted by Gasteiger charge is -2.10. The predicted octanol–water partition coefficient (Wildman–Crippen LogP) is 4.18. The molecule has 124 valence electrons. The van der Waals surface area contributed by atoms with Crippen molar-refractivity contribution in [3.8, 4) is 5.69 Å². The van der Waals surface area contributed by atoms with E-state index in [1.165, 1.54) is 12.1 Å². The molecule has 0 radical (unpaired) electrons. The Balaban J connectivity index is 1.57. The Labute approximate surface area is 137 Å². The van der Waals surface area contributed by atoms with E-state index >= 15 is 0 Å². The van der Waals surface area contributed by atoms with E-state index in [9.17, 15) is 13.2 Å². The summed E-state index contributed by atoms with van der Waals surface area (Å²) in [6, 6.07) is 15.1. The molecular weight excluding hydrogens is 315 g/mol. The summed E-state index contributed by atoms with van der Waals surface area (Å²) in [5.74, 6) is 0. The molecule has 0 saturated carbocycles. The molecule has 0 spiro atoms. The quantitative estimate of drug-likeness (QED) is 0.760. The van der Waals surface area contributed by atoms with E-state index in [-0.39, 0.29) is 0 Å². The number of halogens is 3. The Morgan fingerprint density at radius 2 is 1.67 bits per heavy atom. The van der Waals surface area contributed by atoms with Crippen molar-refractivity contribution in [1.82, 2.24) is 15.1 Å². The molecule has 0 aliphatic carbocycles. The second kappa shape index (κ2) is 6.88. The van der Waals surface area contributed by atoms with Crippen molar-refractivity contribution in [2.75, 3.05) is 0 Å². The first-order valence-corrected chi connectivity index (χ1v) is 7.48. The zero-order valence-corrected chi connectivity index (χ0v) is 12.8. The minimum Gasteiger partial charge on any atom is -0.309 e. The summed E-state index contributed by atoms with van der Waals surface area (Å²) >= 11 is 0. The molecule has 0 unspecified atom stereocenters. The molecule has 0 saturated heterocycles. The fourth-order valence-electron chi connectivity index (χ4n) is 2.40. The Kier molecular flexibility index (Phi) is 4.66. The van der Waals surface area contributed by atoms with Crippen LogP contribution in [0.25, 0.3) is 5.69 Å². The Morgan fingerprint density at radius 1 is 0.917 bits per heavy atom. The van der Waals surface area contributed by atoms with E-state index in [0.29, 0.717) is 18.7 Å². The van der Waals surface area contributed by atoms with E-state index < -0.39 is 11.7 Å². The maximum Gasteiger partial charge on any atom is 0.416 e. The highest BCUT2D eigenvalue weighted by atomic mass is 19.4. The van der Waals surface area contributed by atoms with Crippen molar-refractivity contribution in [2.45, 2.75) is 19.3 Å². The van der Waals surface area contributed by atoms with Gasteiger partial charge in [-0.2, -0.15) is 18.3 Å². The molecule has 0 atom stereocenters. The van der Waals surface area contributed by atoms with E-state index in [0.717, 1.165) is 17.3 Å². The van der Waals surface area contributed by atoms with Gasteiger partial charge in [0, 0.05) is 25.5 Å². The van der Waals surface area contributed by atoms with Gasteiger partial charge in [0.15, 0.2) is 0 Å². The molecule has 2 aromatic carbocycles. The fourth-order valence-corrected chi connectivity index (χ4v) is 2.40. The standard InChI is InChI=1S/C18H16F3N3/c19-18(20,21)16-4-1-3-15(11-16)13-22-12-14-5-7-17(8-6-14)24-10-2-9-23-24/h1-11,22H,12-13H2. The van der Waals surface area contributed by atoms with Crippen LogP contribution in [0.4, 0.5) is 13.2 Å². The second-order valence-electron chi connectivity index (χ2n) is 5.42. The SMILES string of the molecule is FC(F)(F)c1cccc(CNCc2ccc(-n3cccn3)cc2)c1. The van der Waals surface area contributed by atoms with Crippen LogP contribution in [0, 0.1) is 0 Å². The lowest BCUT2D eigenvalue weighted by Crippen LogP contribution is -2.13. The summed E-state index contributed by atoms with van der Waals surface area (Å²) in [5.41, 5.74) is 2.00. The molecule has 0 bridgehead atoms. The third-order valence-electron chi connectivity index (χ3n) is 3.62. The van der Waals surface area contributed by atoms with Crippen LogP contribution in [0.2, 0.25) is 0 Å². The zero-order valence-electron chi connectivity index (χ0n) is 12.8. The van der Waals surface area contributed by atoms with Crippen LogP contribution in [0.15, 0.2) is 67.0 Å². The third-order valence-corrected chi connectivity index (χ3v) is 3.62. The third kappa shape index (κ3) is 4.02. The second-order valence-corrected chi connectivity index (χ2v) is 5.42. The Hall–Kier alpha value is -2.60. The molecule has 3 nitrogen and oxygen atoms in total. The van der Waals surface area contributed by atoms with Crippen molar-refractivity contribution in [1.29, 1.82) is 0 Å². The largest absolute Gasteiger partial charge is 0.416 e. The number of hydrogen-bond acceptors (Lipinski definition) is 2. The highest BCUT2D eigenvalue weighted by Crippen LogP contribution is 2.29. The highest BCUT2D eigenvalue weighted by molar-refractivity contribution is 5.33. The first-order chi connectivity index (χ1) is 11.5. The van der Waals surface area contributed by atoms with Gasteiger partial charge in [0.1, 0.15) is 0 Å². The summed E-state index contributed by atoms with van der Waals surface area (Å²) in [6.07, 6.45) is -0.732. The van der Waals surface area contributed by atoms with Gasteiger partial charge in [0.05, 0.1) is 11.3 Å². The first-order valence-electron chi connectivity index (χ1n) is 7.48. The van der Waals surface area contributed by atoms with Crippen LogP contribution in [0.1, 0.15) is 16.7 Å². The molecule has 1 heterocycles. The molecule has 24 heavy (non-hydrogen) atoms. The van der Waals surface area contributed by atoms with E-state index in [4.69, 9.17) is 0 Å². The summed E-state index contributed by atoms with van der Waals surface area (Å²) in [6.45, 7) is 0.959. The number of nitrogens with one attached hydrogen (secondary N) is 1. The fraction of sp³-hybridized carbons (Fsp3) is 0.167. The van der Waals surface area contributed by atoms with Crippen molar-refractivity contribution in [3.05, 3.63) is 83.7 Å². The van der Waals surface area contributed by atoms with Crippen molar-refractivity contribution < 1.29 is 13.2 Å². The Bertz CT molecular complexity index is 778. The number of alkyl halides is 3. The van der Waals surface area contributed by atoms with E-state index in [1.54, 1.807) is 16.9 Å². The predicted molar refractivity (Wildman–Crippen MR) is 85.6 cm³/mol. The average molecular weight is 331 g/mol. The van der Waals surface area contributed by atoms with Crippen molar-refractivity contribution in [3.63, 3.8) is 0 Å². The molecule has 6 heteroatoms. The van der Waals surface area contributed by atoms with E-state index in [1.807, 2.05) is 36.5 Å². The summed E-state index contributed by atoms with van der Waals surface area (Å²) in [5, 5.41) is 7.32. The summed E-state index contributed by atoms with van der Waals surface area (Å²) in [4.78, 5) is 0. The van der Waals surface area contributed by atoms with Gasteiger partial charge in [-0.25, -0.2) is 4.68 Å². The maximum absolute atomic E-state index is 12.7. The van der Waals surface area contributed by atoms with Crippen molar-refractivity contribution >= 4 is 0 Å². The lowest BCUT2D eigenvalue weighted by atomic mass is 10.1. The number of aromatic nitrogens is 2. The minimum atomic E-state index is -4.31. The lowest BCUT2D eigenvalue weighted by molar-refractivity contribution is -0.137. The van der Waals surface area contributed by atoms with Gasteiger partial charge in [-0.3, -0.25) is 0 Å². The van der Waals surface area contributed by atoms with Gasteiger partial charge in [0.25, 0.3) is 0 Å². The van der Waals surface area contributed by atoms with Crippen LogP contribution in [0.5, 0.6) is 0 Å². The van der Waals surface area contributed by atoms with Crippen LogP contribution >= 0.6 is 0 Å². The molecule has 1 N–H and O–H groups in total.